The van der Waals surface area contributed by atoms with Crippen LogP contribution >= 0.6 is 0 Å². The zero-order chi connectivity index (χ0) is 10.6. The zero-order valence-electron chi connectivity index (χ0n) is 9.29. The Balaban J connectivity index is 2.95. The Hall–Kier alpha value is -1.31. The molecule has 0 saturated heterocycles. The molecule has 0 aromatic heterocycles. The SMILES string of the molecule is CCO/N=C(\C)c1ccc(C)cc1C. The summed E-state index contributed by atoms with van der Waals surface area (Å²) in [6.07, 6.45) is 0. The van der Waals surface area contributed by atoms with E-state index in [1.54, 1.807) is 0 Å². The van der Waals surface area contributed by atoms with Gasteiger partial charge in [-0.1, -0.05) is 28.9 Å². The van der Waals surface area contributed by atoms with Crippen LogP contribution in [0.1, 0.15) is 30.5 Å². The number of benzene rings is 1. The third kappa shape index (κ3) is 2.59. The van der Waals surface area contributed by atoms with Gasteiger partial charge >= 0.3 is 0 Å². The second-order valence-corrected chi connectivity index (χ2v) is 3.41. The normalized spacial score (nSPS) is 11.6. The Morgan fingerprint density at radius 2 is 2.07 bits per heavy atom. The van der Waals surface area contributed by atoms with Crippen molar-refractivity contribution in [2.75, 3.05) is 6.61 Å². The maximum absolute atomic E-state index is 5.02. The Morgan fingerprint density at radius 3 is 2.64 bits per heavy atom. The first-order valence-electron chi connectivity index (χ1n) is 4.89. The Labute approximate surface area is 85.6 Å². The van der Waals surface area contributed by atoms with E-state index in [2.05, 4.69) is 37.2 Å². The van der Waals surface area contributed by atoms with Gasteiger partial charge in [-0.05, 0) is 33.3 Å². The molecule has 0 spiro atoms. The van der Waals surface area contributed by atoms with Crippen molar-refractivity contribution in [3.05, 3.63) is 34.9 Å². The molecule has 14 heavy (non-hydrogen) atoms. The number of hydrogen-bond acceptors (Lipinski definition) is 2. The molecular weight excluding hydrogens is 174 g/mol. The van der Waals surface area contributed by atoms with Gasteiger partial charge in [0.2, 0.25) is 0 Å². The molecule has 0 aliphatic rings. The van der Waals surface area contributed by atoms with Gasteiger partial charge in [-0.3, -0.25) is 0 Å². The summed E-state index contributed by atoms with van der Waals surface area (Å²) < 4.78 is 0. The van der Waals surface area contributed by atoms with Gasteiger partial charge in [0.1, 0.15) is 6.61 Å². The summed E-state index contributed by atoms with van der Waals surface area (Å²) in [6.45, 7) is 8.69. The molecule has 1 aromatic rings. The van der Waals surface area contributed by atoms with E-state index >= 15 is 0 Å². The standard InChI is InChI=1S/C12H17NO/c1-5-14-13-11(4)12-7-6-9(2)8-10(12)3/h6-8H,5H2,1-4H3/b13-11+. The van der Waals surface area contributed by atoms with Crippen LogP contribution in [0.2, 0.25) is 0 Å². The van der Waals surface area contributed by atoms with Crippen molar-refractivity contribution in [1.29, 1.82) is 0 Å². The zero-order valence-corrected chi connectivity index (χ0v) is 9.29. The summed E-state index contributed by atoms with van der Waals surface area (Å²) in [5, 5.41) is 4.02. The summed E-state index contributed by atoms with van der Waals surface area (Å²) in [5.41, 5.74) is 4.61. The van der Waals surface area contributed by atoms with Crippen molar-refractivity contribution in [2.45, 2.75) is 27.7 Å². The molecule has 0 unspecified atom stereocenters. The lowest BCUT2D eigenvalue weighted by Crippen LogP contribution is -1.99. The highest BCUT2D eigenvalue weighted by Gasteiger charge is 2.01. The average Bonchev–Trinajstić information content (AvgIpc) is 2.14. The van der Waals surface area contributed by atoms with Crippen LogP contribution in [-0.4, -0.2) is 12.3 Å². The molecule has 1 rings (SSSR count). The van der Waals surface area contributed by atoms with Gasteiger partial charge in [-0.25, -0.2) is 0 Å². The van der Waals surface area contributed by atoms with Crippen molar-refractivity contribution < 1.29 is 4.84 Å². The molecule has 2 nitrogen and oxygen atoms in total. The molecule has 0 amide bonds. The van der Waals surface area contributed by atoms with E-state index in [0.717, 1.165) is 11.3 Å². The number of rotatable bonds is 3. The lowest BCUT2D eigenvalue weighted by atomic mass is 10.0. The van der Waals surface area contributed by atoms with E-state index in [4.69, 9.17) is 4.84 Å². The van der Waals surface area contributed by atoms with Gasteiger partial charge in [-0.15, -0.1) is 0 Å². The maximum atomic E-state index is 5.02. The summed E-state index contributed by atoms with van der Waals surface area (Å²) >= 11 is 0. The summed E-state index contributed by atoms with van der Waals surface area (Å²) in [6, 6.07) is 6.33. The molecule has 0 fully saturated rings. The minimum Gasteiger partial charge on any atom is -0.396 e. The topological polar surface area (TPSA) is 21.6 Å². The highest BCUT2D eigenvalue weighted by molar-refractivity contribution is 5.99. The molecule has 0 N–H and O–H groups in total. The average molecular weight is 191 g/mol. The summed E-state index contributed by atoms with van der Waals surface area (Å²) in [4.78, 5) is 5.02. The van der Waals surface area contributed by atoms with Crippen molar-refractivity contribution >= 4 is 5.71 Å². The first-order chi connectivity index (χ1) is 6.65. The van der Waals surface area contributed by atoms with Crippen molar-refractivity contribution in [3.63, 3.8) is 0 Å². The van der Waals surface area contributed by atoms with Crippen LogP contribution in [0.5, 0.6) is 0 Å². The maximum Gasteiger partial charge on any atom is 0.114 e. The molecule has 0 aliphatic heterocycles. The molecule has 0 heterocycles. The van der Waals surface area contributed by atoms with Crippen LogP contribution in [0.3, 0.4) is 0 Å². The monoisotopic (exact) mass is 191 g/mol. The van der Waals surface area contributed by atoms with Crippen LogP contribution in [0.4, 0.5) is 0 Å². The summed E-state index contributed by atoms with van der Waals surface area (Å²) in [7, 11) is 0. The van der Waals surface area contributed by atoms with Gasteiger partial charge in [0.15, 0.2) is 0 Å². The van der Waals surface area contributed by atoms with Crippen molar-refractivity contribution in [1.82, 2.24) is 0 Å². The lowest BCUT2D eigenvalue weighted by molar-refractivity contribution is 0.159. The van der Waals surface area contributed by atoms with Crippen LogP contribution in [0, 0.1) is 13.8 Å². The second-order valence-electron chi connectivity index (χ2n) is 3.41. The number of oxime groups is 1. The fraction of sp³-hybridized carbons (Fsp3) is 0.417. The van der Waals surface area contributed by atoms with E-state index in [0.29, 0.717) is 6.61 Å². The molecule has 0 atom stereocenters. The molecule has 0 bridgehead atoms. The fourth-order valence-electron chi connectivity index (χ4n) is 1.43. The highest BCUT2D eigenvalue weighted by Crippen LogP contribution is 2.11. The molecule has 0 aliphatic carbocycles. The molecule has 1 aromatic carbocycles. The smallest absolute Gasteiger partial charge is 0.114 e. The Morgan fingerprint density at radius 1 is 1.36 bits per heavy atom. The van der Waals surface area contributed by atoms with Gasteiger partial charge in [0.05, 0.1) is 5.71 Å². The van der Waals surface area contributed by atoms with Crippen LogP contribution in [-0.2, 0) is 4.84 Å². The quantitative estimate of drug-likeness (QED) is 0.531. The molecule has 2 heteroatoms. The Bertz CT molecular complexity index is 342. The third-order valence-corrected chi connectivity index (χ3v) is 2.10. The van der Waals surface area contributed by atoms with Crippen LogP contribution in [0.15, 0.2) is 23.4 Å². The lowest BCUT2D eigenvalue weighted by Gasteiger charge is -2.05. The van der Waals surface area contributed by atoms with Gasteiger partial charge in [-0.2, -0.15) is 0 Å². The first kappa shape index (κ1) is 10.8. The summed E-state index contributed by atoms with van der Waals surface area (Å²) in [5.74, 6) is 0. The number of nitrogens with zero attached hydrogens (tertiary/aromatic N) is 1. The van der Waals surface area contributed by atoms with Gasteiger partial charge in [0.25, 0.3) is 0 Å². The van der Waals surface area contributed by atoms with E-state index in [-0.39, 0.29) is 0 Å². The van der Waals surface area contributed by atoms with Gasteiger partial charge < -0.3 is 4.84 Å². The van der Waals surface area contributed by atoms with Gasteiger partial charge in [0, 0.05) is 5.56 Å². The largest absolute Gasteiger partial charge is 0.396 e. The van der Waals surface area contributed by atoms with E-state index < -0.39 is 0 Å². The molecule has 0 saturated carbocycles. The minimum atomic E-state index is 0.613. The van der Waals surface area contributed by atoms with Crippen molar-refractivity contribution in [3.8, 4) is 0 Å². The first-order valence-corrected chi connectivity index (χ1v) is 4.89. The predicted octanol–water partition coefficient (Wildman–Crippen LogP) is 3.06. The number of aryl methyl sites for hydroxylation is 2. The highest BCUT2D eigenvalue weighted by atomic mass is 16.6. The molecule has 76 valence electrons. The van der Waals surface area contributed by atoms with Crippen molar-refractivity contribution in [2.24, 2.45) is 5.16 Å². The molecular formula is C12H17NO. The molecule has 0 radical (unpaired) electrons. The van der Waals surface area contributed by atoms with E-state index in [1.165, 1.54) is 11.1 Å². The number of hydrogen-bond donors (Lipinski definition) is 0. The minimum absolute atomic E-state index is 0.613. The van der Waals surface area contributed by atoms with E-state index in [1.807, 2.05) is 13.8 Å². The second kappa shape index (κ2) is 4.80. The third-order valence-electron chi connectivity index (χ3n) is 2.10. The Kier molecular flexibility index (Phi) is 3.69. The van der Waals surface area contributed by atoms with Crippen LogP contribution < -0.4 is 0 Å². The fourth-order valence-corrected chi connectivity index (χ4v) is 1.43. The van der Waals surface area contributed by atoms with Crippen LogP contribution in [0.25, 0.3) is 0 Å². The predicted molar refractivity (Wildman–Crippen MR) is 59.8 cm³/mol. The van der Waals surface area contributed by atoms with E-state index in [9.17, 15) is 0 Å².